The van der Waals surface area contributed by atoms with Gasteiger partial charge >= 0.3 is 0 Å². The van der Waals surface area contributed by atoms with Crippen LogP contribution in [0.15, 0.2) is 24.7 Å². The highest BCUT2D eigenvalue weighted by molar-refractivity contribution is 6.28. The van der Waals surface area contributed by atoms with E-state index in [2.05, 4.69) is 26.1 Å². The molecule has 6 nitrogen and oxygen atoms in total. The fraction of sp³-hybridized carbons (Fsp3) is 0.412. The lowest BCUT2D eigenvalue weighted by molar-refractivity contribution is 0.315. The molecule has 7 heteroatoms. The molecular formula is C17H17ClN6. The predicted molar refractivity (Wildman–Crippen MR) is 91.3 cm³/mol. The molecule has 1 aliphatic carbocycles. The maximum Gasteiger partial charge on any atom is 0.223 e. The molecule has 1 N–H and O–H groups in total. The van der Waals surface area contributed by atoms with Gasteiger partial charge in [0.05, 0.1) is 35.8 Å². The monoisotopic (exact) mass is 340 g/mol. The quantitative estimate of drug-likeness (QED) is 0.724. The molecule has 1 saturated carbocycles. The molecule has 0 bridgehead atoms. The topological polar surface area (TPSA) is 83.2 Å². The number of hydrogen-bond acceptors (Lipinski definition) is 4. The Labute approximate surface area is 144 Å². The van der Waals surface area contributed by atoms with Crippen molar-refractivity contribution in [3.05, 3.63) is 29.9 Å². The third-order valence-electron chi connectivity index (χ3n) is 4.84. The van der Waals surface area contributed by atoms with Crippen LogP contribution in [0.1, 0.15) is 38.1 Å². The minimum absolute atomic E-state index is 0.127. The van der Waals surface area contributed by atoms with Gasteiger partial charge in [-0.1, -0.05) is 12.8 Å². The fourth-order valence-corrected chi connectivity index (χ4v) is 3.85. The van der Waals surface area contributed by atoms with Crippen LogP contribution < -0.4 is 0 Å². The highest BCUT2D eigenvalue weighted by atomic mass is 35.5. The standard InChI is InChI=1S/C17H17ClN6/c18-17-22-13-6-8-20-16(13)15(23-17)12-9-21-24(10-12)14(5-7-19)11-3-1-2-4-11/h6,8-11,14,20H,1-5H2. The van der Waals surface area contributed by atoms with Crippen LogP contribution in [0, 0.1) is 17.2 Å². The number of nitriles is 1. The van der Waals surface area contributed by atoms with Crippen molar-refractivity contribution in [1.82, 2.24) is 24.7 Å². The highest BCUT2D eigenvalue weighted by Gasteiger charge is 2.27. The second-order valence-corrected chi connectivity index (χ2v) is 6.60. The zero-order valence-corrected chi connectivity index (χ0v) is 13.9. The van der Waals surface area contributed by atoms with Gasteiger partial charge in [-0.15, -0.1) is 0 Å². The molecule has 1 aliphatic rings. The molecule has 24 heavy (non-hydrogen) atoms. The summed E-state index contributed by atoms with van der Waals surface area (Å²) >= 11 is 6.05. The number of hydrogen-bond donors (Lipinski definition) is 1. The van der Waals surface area contributed by atoms with Gasteiger partial charge in [0.25, 0.3) is 0 Å². The lowest BCUT2D eigenvalue weighted by atomic mass is 9.96. The minimum atomic E-state index is 0.127. The second kappa shape index (κ2) is 6.25. The molecule has 1 atom stereocenters. The highest BCUT2D eigenvalue weighted by Crippen LogP contribution is 2.36. The van der Waals surface area contributed by atoms with E-state index in [0.717, 1.165) is 22.3 Å². The van der Waals surface area contributed by atoms with Gasteiger partial charge < -0.3 is 4.98 Å². The van der Waals surface area contributed by atoms with Gasteiger partial charge in [-0.25, -0.2) is 9.97 Å². The van der Waals surface area contributed by atoms with Crippen LogP contribution in [0.4, 0.5) is 0 Å². The maximum absolute atomic E-state index is 9.20. The molecule has 0 spiro atoms. The largest absolute Gasteiger partial charge is 0.358 e. The van der Waals surface area contributed by atoms with Crippen molar-refractivity contribution >= 4 is 22.6 Å². The second-order valence-electron chi connectivity index (χ2n) is 6.26. The van der Waals surface area contributed by atoms with Gasteiger partial charge in [-0.05, 0) is 36.4 Å². The van der Waals surface area contributed by atoms with Gasteiger partial charge in [-0.3, -0.25) is 4.68 Å². The van der Waals surface area contributed by atoms with E-state index in [1.807, 2.05) is 23.1 Å². The first-order chi connectivity index (χ1) is 11.8. The zero-order chi connectivity index (χ0) is 16.5. The number of rotatable bonds is 4. The number of aromatic amines is 1. The van der Waals surface area contributed by atoms with Crippen molar-refractivity contribution in [2.45, 2.75) is 38.1 Å². The molecule has 4 rings (SSSR count). The molecule has 0 radical (unpaired) electrons. The molecule has 0 aromatic carbocycles. The van der Waals surface area contributed by atoms with Crippen molar-refractivity contribution in [1.29, 1.82) is 5.26 Å². The van der Waals surface area contributed by atoms with Crippen LogP contribution in [-0.2, 0) is 0 Å². The number of nitrogens with one attached hydrogen (secondary N) is 1. The van der Waals surface area contributed by atoms with E-state index in [-0.39, 0.29) is 11.3 Å². The summed E-state index contributed by atoms with van der Waals surface area (Å²) in [5.74, 6) is 0.525. The summed E-state index contributed by atoms with van der Waals surface area (Å²) in [6, 6.07) is 4.31. The molecule has 0 saturated heterocycles. The van der Waals surface area contributed by atoms with Gasteiger partial charge in [0, 0.05) is 18.0 Å². The number of aromatic nitrogens is 5. The van der Waals surface area contributed by atoms with Gasteiger partial charge in [-0.2, -0.15) is 10.4 Å². The van der Waals surface area contributed by atoms with Crippen molar-refractivity contribution in [3.8, 4) is 17.3 Å². The lowest BCUT2D eigenvalue weighted by Crippen LogP contribution is -2.17. The Kier molecular flexibility index (Phi) is 3.95. The lowest BCUT2D eigenvalue weighted by Gasteiger charge is -2.21. The average Bonchev–Trinajstić information content (AvgIpc) is 3.31. The van der Waals surface area contributed by atoms with Crippen LogP contribution in [0.3, 0.4) is 0 Å². The Bertz CT molecular complexity index is 899. The molecule has 0 amide bonds. The molecule has 1 unspecified atom stereocenters. The van der Waals surface area contributed by atoms with E-state index in [1.54, 1.807) is 6.20 Å². The summed E-state index contributed by atoms with van der Waals surface area (Å²) in [5.41, 5.74) is 3.25. The van der Waals surface area contributed by atoms with E-state index >= 15 is 0 Å². The third-order valence-corrected chi connectivity index (χ3v) is 5.01. The molecule has 3 aromatic heterocycles. The van der Waals surface area contributed by atoms with Crippen molar-refractivity contribution in [2.24, 2.45) is 5.92 Å². The van der Waals surface area contributed by atoms with E-state index in [0.29, 0.717) is 12.3 Å². The zero-order valence-electron chi connectivity index (χ0n) is 13.1. The molecule has 1 fully saturated rings. The number of halogens is 1. The Morgan fingerprint density at radius 3 is 3.00 bits per heavy atom. The summed E-state index contributed by atoms with van der Waals surface area (Å²) < 4.78 is 1.93. The normalized spacial score (nSPS) is 16.5. The van der Waals surface area contributed by atoms with Crippen LogP contribution in [0.25, 0.3) is 22.3 Å². The van der Waals surface area contributed by atoms with Crippen molar-refractivity contribution < 1.29 is 0 Å². The third kappa shape index (κ3) is 2.65. The first-order valence-corrected chi connectivity index (χ1v) is 8.56. The summed E-state index contributed by atoms with van der Waals surface area (Å²) in [6.07, 6.45) is 10.9. The summed E-state index contributed by atoms with van der Waals surface area (Å²) in [4.78, 5) is 11.7. The summed E-state index contributed by atoms with van der Waals surface area (Å²) in [7, 11) is 0. The minimum Gasteiger partial charge on any atom is -0.358 e. The SMILES string of the molecule is N#CCC(C1CCCC1)n1cc(-c2nc(Cl)nc3cc[nH]c23)cn1. The number of fused-ring (bicyclic) bond motifs is 1. The van der Waals surface area contributed by atoms with E-state index in [9.17, 15) is 5.26 Å². The Hall–Kier alpha value is -2.39. The Morgan fingerprint density at radius 1 is 1.38 bits per heavy atom. The Morgan fingerprint density at radius 2 is 2.21 bits per heavy atom. The molecule has 122 valence electrons. The van der Waals surface area contributed by atoms with Gasteiger partial charge in [0.2, 0.25) is 5.28 Å². The summed E-state index contributed by atoms with van der Waals surface area (Å²) in [6.45, 7) is 0. The average molecular weight is 341 g/mol. The van der Waals surface area contributed by atoms with Crippen LogP contribution >= 0.6 is 11.6 Å². The first kappa shape index (κ1) is 15.2. The van der Waals surface area contributed by atoms with Crippen molar-refractivity contribution in [3.63, 3.8) is 0 Å². The maximum atomic E-state index is 9.20. The molecular weight excluding hydrogens is 324 g/mol. The first-order valence-electron chi connectivity index (χ1n) is 8.18. The smallest absolute Gasteiger partial charge is 0.223 e. The molecule has 3 heterocycles. The van der Waals surface area contributed by atoms with Gasteiger partial charge in [0.1, 0.15) is 5.69 Å². The molecule has 3 aromatic rings. The predicted octanol–water partition coefficient (Wildman–Crippen LogP) is 4.12. The van der Waals surface area contributed by atoms with Crippen LogP contribution in [0.5, 0.6) is 0 Å². The van der Waals surface area contributed by atoms with Crippen LogP contribution in [-0.4, -0.2) is 24.7 Å². The van der Waals surface area contributed by atoms with Crippen molar-refractivity contribution in [2.75, 3.05) is 0 Å². The summed E-state index contributed by atoms with van der Waals surface area (Å²) in [5, 5.41) is 13.9. The number of H-pyrrole nitrogens is 1. The van der Waals surface area contributed by atoms with Crippen LogP contribution in [0.2, 0.25) is 5.28 Å². The Balaban J connectivity index is 1.73. The van der Waals surface area contributed by atoms with E-state index < -0.39 is 0 Å². The van der Waals surface area contributed by atoms with E-state index in [4.69, 9.17) is 11.6 Å². The molecule has 0 aliphatic heterocycles. The number of nitrogens with zero attached hydrogens (tertiary/aromatic N) is 5. The van der Waals surface area contributed by atoms with E-state index in [1.165, 1.54) is 25.7 Å². The fourth-order valence-electron chi connectivity index (χ4n) is 3.68. The van der Waals surface area contributed by atoms with Gasteiger partial charge in [0.15, 0.2) is 0 Å².